The summed E-state index contributed by atoms with van der Waals surface area (Å²) in [6, 6.07) is 11.2. The highest BCUT2D eigenvalue weighted by Gasteiger charge is 2.20. The second-order valence-electron chi connectivity index (χ2n) is 4.67. The van der Waals surface area contributed by atoms with Gasteiger partial charge in [0.05, 0.1) is 0 Å². The normalized spacial score (nSPS) is 16.7. The van der Waals surface area contributed by atoms with Crippen LogP contribution in [-0.4, -0.2) is 41.3 Å². The van der Waals surface area contributed by atoms with Gasteiger partial charge in [-0.2, -0.15) is 0 Å². The fourth-order valence-electron chi connectivity index (χ4n) is 2.29. The minimum atomic E-state index is 0.127. The monoisotopic (exact) mass is 259 g/mol. The van der Waals surface area contributed by atoms with Gasteiger partial charge >= 0.3 is 12.0 Å². The Morgan fingerprint density at radius 2 is 1.79 bits per heavy atom. The Balaban J connectivity index is 1.55. The smallest absolute Gasteiger partial charge is 0.319 e. The van der Waals surface area contributed by atoms with Gasteiger partial charge in [0.2, 0.25) is 0 Å². The molecule has 2 aromatic rings. The lowest BCUT2D eigenvalue weighted by molar-refractivity contribution is 0.245. The summed E-state index contributed by atoms with van der Waals surface area (Å²) in [7, 11) is 0. The molecule has 3 rings (SSSR count). The van der Waals surface area contributed by atoms with Crippen LogP contribution < -0.4 is 10.6 Å². The van der Waals surface area contributed by atoms with Gasteiger partial charge in [0.25, 0.3) is 0 Å². The summed E-state index contributed by atoms with van der Waals surface area (Å²) in [6.45, 7) is 4.72. The molecule has 6 nitrogen and oxygen atoms in total. The van der Waals surface area contributed by atoms with Gasteiger partial charge in [-0.15, -0.1) is 0 Å². The van der Waals surface area contributed by atoms with Crippen LogP contribution in [0, 0.1) is 0 Å². The molecule has 1 aromatic carbocycles. The summed E-state index contributed by atoms with van der Waals surface area (Å²) >= 11 is 0. The Labute approximate surface area is 111 Å². The Kier molecular flexibility index (Phi) is 3.33. The van der Waals surface area contributed by atoms with Gasteiger partial charge in [-0.05, 0) is 5.56 Å². The summed E-state index contributed by atoms with van der Waals surface area (Å²) in [4.78, 5) is 4.50. The molecule has 0 amide bonds. The van der Waals surface area contributed by atoms with Crippen molar-refractivity contribution in [2.75, 3.05) is 36.8 Å². The van der Waals surface area contributed by atoms with E-state index in [2.05, 4.69) is 44.3 Å². The molecule has 1 aliphatic rings. The molecular weight excluding hydrogens is 242 g/mol. The Hall–Kier alpha value is -2.08. The third kappa shape index (κ3) is 2.85. The molecule has 6 heteroatoms. The lowest BCUT2D eigenvalue weighted by atomic mass is 10.2. The zero-order chi connectivity index (χ0) is 13.1. The van der Waals surface area contributed by atoms with E-state index in [4.69, 9.17) is 10.2 Å². The Bertz CT molecular complexity index is 519. The number of piperazine rings is 1. The number of nitrogen functional groups attached to an aromatic ring is 1. The second kappa shape index (κ2) is 5.27. The van der Waals surface area contributed by atoms with Gasteiger partial charge in [0.15, 0.2) is 0 Å². The molecule has 1 aromatic heterocycles. The van der Waals surface area contributed by atoms with Gasteiger partial charge < -0.3 is 15.1 Å². The van der Waals surface area contributed by atoms with E-state index in [-0.39, 0.29) is 6.01 Å². The van der Waals surface area contributed by atoms with Crippen molar-refractivity contribution >= 4 is 12.0 Å². The zero-order valence-electron chi connectivity index (χ0n) is 10.7. The van der Waals surface area contributed by atoms with Crippen LogP contribution in [0.15, 0.2) is 34.7 Å². The summed E-state index contributed by atoms with van der Waals surface area (Å²) < 4.78 is 5.24. The predicted molar refractivity (Wildman–Crippen MR) is 72.6 cm³/mol. The molecule has 0 bridgehead atoms. The van der Waals surface area contributed by atoms with Crippen molar-refractivity contribution in [3.63, 3.8) is 0 Å². The first-order chi connectivity index (χ1) is 9.31. The highest BCUT2D eigenvalue weighted by Crippen LogP contribution is 2.16. The van der Waals surface area contributed by atoms with Crippen molar-refractivity contribution in [1.29, 1.82) is 0 Å². The summed E-state index contributed by atoms with van der Waals surface area (Å²) in [5.74, 6) is 0. The van der Waals surface area contributed by atoms with Gasteiger partial charge in [-0.3, -0.25) is 4.90 Å². The molecule has 100 valence electrons. The number of aromatic nitrogens is 2. The first-order valence-electron chi connectivity index (χ1n) is 6.41. The van der Waals surface area contributed by atoms with Crippen LogP contribution in [-0.2, 0) is 6.54 Å². The van der Waals surface area contributed by atoms with Crippen molar-refractivity contribution < 1.29 is 4.42 Å². The SMILES string of the molecule is Nc1nnc(N2CCN(Cc3ccccc3)CC2)o1. The highest BCUT2D eigenvalue weighted by molar-refractivity contribution is 5.28. The van der Waals surface area contributed by atoms with Crippen LogP contribution in [0.5, 0.6) is 0 Å². The van der Waals surface area contributed by atoms with E-state index in [1.807, 2.05) is 6.07 Å². The number of anilines is 2. The van der Waals surface area contributed by atoms with Gasteiger partial charge in [0, 0.05) is 32.7 Å². The second-order valence-corrected chi connectivity index (χ2v) is 4.67. The van der Waals surface area contributed by atoms with Crippen LogP contribution in [0.25, 0.3) is 0 Å². The van der Waals surface area contributed by atoms with E-state index < -0.39 is 0 Å². The maximum Gasteiger partial charge on any atom is 0.319 e. The molecule has 1 fully saturated rings. The van der Waals surface area contributed by atoms with E-state index in [9.17, 15) is 0 Å². The third-order valence-electron chi connectivity index (χ3n) is 3.32. The molecule has 1 saturated heterocycles. The molecule has 0 atom stereocenters. The lowest BCUT2D eigenvalue weighted by Crippen LogP contribution is -2.46. The van der Waals surface area contributed by atoms with Crippen molar-refractivity contribution in [1.82, 2.24) is 15.1 Å². The minimum absolute atomic E-state index is 0.127. The standard InChI is InChI=1S/C13H17N5O/c14-12-15-16-13(19-12)18-8-6-17(7-9-18)10-11-4-2-1-3-5-11/h1-5H,6-10H2,(H2,14,15). The quantitative estimate of drug-likeness (QED) is 0.885. The maximum absolute atomic E-state index is 5.44. The molecule has 2 N–H and O–H groups in total. The van der Waals surface area contributed by atoms with Gasteiger partial charge in [-0.1, -0.05) is 40.5 Å². The molecule has 1 aliphatic heterocycles. The number of benzene rings is 1. The van der Waals surface area contributed by atoms with E-state index in [1.165, 1.54) is 5.56 Å². The molecule has 2 heterocycles. The third-order valence-corrected chi connectivity index (χ3v) is 3.32. The summed E-state index contributed by atoms with van der Waals surface area (Å²) in [5, 5.41) is 7.60. The average molecular weight is 259 g/mol. The first-order valence-corrected chi connectivity index (χ1v) is 6.41. The highest BCUT2D eigenvalue weighted by atomic mass is 16.4. The van der Waals surface area contributed by atoms with Crippen molar-refractivity contribution in [3.05, 3.63) is 35.9 Å². The number of nitrogens with two attached hydrogens (primary N) is 1. The molecule has 0 aliphatic carbocycles. The van der Waals surface area contributed by atoms with Crippen molar-refractivity contribution in [2.45, 2.75) is 6.54 Å². The van der Waals surface area contributed by atoms with Gasteiger partial charge in [-0.25, -0.2) is 0 Å². The minimum Gasteiger partial charge on any atom is -0.390 e. The van der Waals surface area contributed by atoms with E-state index in [0.29, 0.717) is 6.01 Å². The maximum atomic E-state index is 5.44. The van der Waals surface area contributed by atoms with Crippen LogP contribution in [0.4, 0.5) is 12.0 Å². The fourth-order valence-corrected chi connectivity index (χ4v) is 2.29. The fraction of sp³-hybridized carbons (Fsp3) is 0.385. The number of hydrogen-bond donors (Lipinski definition) is 1. The Morgan fingerprint density at radius 3 is 2.42 bits per heavy atom. The van der Waals surface area contributed by atoms with Crippen molar-refractivity contribution in [2.24, 2.45) is 0 Å². The average Bonchev–Trinajstić information content (AvgIpc) is 2.87. The molecule has 0 spiro atoms. The number of rotatable bonds is 3. The van der Waals surface area contributed by atoms with Crippen molar-refractivity contribution in [3.8, 4) is 0 Å². The number of hydrogen-bond acceptors (Lipinski definition) is 6. The van der Waals surface area contributed by atoms with Crippen LogP contribution in [0.2, 0.25) is 0 Å². The number of nitrogens with zero attached hydrogens (tertiary/aromatic N) is 4. The topological polar surface area (TPSA) is 71.4 Å². The van der Waals surface area contributed by atoms with E-state index in [0.717, 1.165) is 32.7 Å². The van der Waals surface area contributed by atoms with E-state index >= 15 is 0 Å². The molecule has 0 unspecified atom stereocenters. The first kappa shape index (κ1) is 12.0. The molecule has 19 heavy (non-hydrogen) atoms. The van der Waals surface area contributed by atoms with E-state index in [1.54, 1.807) is 0 Å². The molecule has 0 radical (unpaired) electrons. The van der Waals surface area contributed by atoms with Crippen LogP contribution in [0.1, 0.15) is 5.56 Å². The van der Waals surface area contributed by atoms with Gasteiger partial charge in [0.1, 0.15) is 0 Å². The largest absolute Gasteiger partial charge is 0.390 e. The molecule has 0 saturated carbocycles. The summed E-state index contributed by atoms with van der Waals surface area (Å²) in [6.07, 6.45) is 0. The summed E-state index contributed by atoms with van der Waals surface area (Å²) in [5.41, 5.74) is 6.78. The lowest BCUT2D eigenvalue weighted by Gasteiger charge is -2.33. The van der Waals surface area contributed by atoms with Crippen LogP contribution in [0.3, 0.4) is 0 Å². The van der Waals surface area contributed by atoms with Crippen LogP contribution >= 0.6 is 0 Å². The predicted octanol–water partition coefficient (Wildman–Crippen LogP) is 0.974. The Morgan fingerprint density at radius 1 is 1.05 bits per heavy atom. The zero-order valence-corrected chi connectivity index (χ0v) is 10.7. The molecular formula is C13H17N5O.